The smallest absolute Gasteiger partial charge is 0.306 e. The average Bonchev–Trinajstić information content (AvgIpc) is 3.22. The van der Waals surface area contributed by atoms with E-state index in [0.29, 0.717) is 22.4 Å². The molecule has 3 aromatic rings. The third kappa shape index (κ3) is 4.05. The maximum Gasteiger partial charge on any atom is 0.306 e. The third-order valence-corrected chi connectivity index (χ3v) is 10.7. The summed E-state index contributed by atoms with van der Waals surface area (Å²) in [6.07, 6.45) is 11.4. The van der Waals surface area contributed by atoms with Gasteiger partial charge in [-0.25, -0.2) is 0 Å². The summed E-state index contributed by atoms with van der Waals surface area (Å²) in [5, 5.41) is 10.3. The molecule has 1 spiro atoms. The number of carboxylic acid groups (broad SMARTS) is 1. The molecule has 39 heavy (non-hydrogen) atoms. The molecule has 6 nitrogen and oxygen atoms in total. The Labute approximate surface area is 234 Å². The summed E-state index contributed by atoms with van der Waals surface area (Å²) in [7, 11) is 0. The Kier molecular flexibility index (Phi) is 6.31. The molecule has 0 amide bonds. The van der Waals surface area contributed by atoms with Gasteiger partial charge in [0.05, 0.1) is 32.9 Å². The summed E-state index contributed by atoms with van der Waals surface area (Å²) in [5.74, 6) is 0.613. The number of benzene rings is 2. The first-order valence-electron chi connectivity index (χ1n) is 14.8. The Morgan fingerprint density at radius 2 is 1.72 bits per heavy atom. The fourth-order valence-electron chi connectivity index (χ4n) is 8.24. The highest BCUT2D eigenvalue weighted by atomic mass is 35.5. The number of carboxylic acids is 1. The van der Waals surface area contributed by atoms with Gasteiger partial charge in [-0.1, -0.05) is 49.1 Å². The van der Waals surface area contributed by atoms with Gasteiger partial charge in [0.25, 0.3) is 5.56 Å². The molecule has 2 saturated carbocycles. The second kappa shape index (κ2) is 9.74. The predicted octanol–water partition coefficient (Wildman–Crippen LogP) is 6.43. The van der Waals surface area contributed by atoms with Gasteiger partial charge in [0.2, 0.25) is 0 Å². The lowest BCUT2D eigenvalue weighted by molar-refractivity contribution is -0.143. The number of rotatable bonds is 3. The first kappa shape index (κ1) is 25.3. The van der Waals surface area contributed by atoms with Crippen molar-refractivity contribution < 1.29 is 9.90 Å². The van der Waals surface area contributed by atoms with Crippen molar-refractivity contribution in [3.8, 4) is 5.69 Å². The first-order chi connectivity index (χ1) is 19.0. The molecule has 4 aliphatic rings. The largest absolute Gasteiger partial charge is 0.481 e. The van der Waals surface area contributed by atoms with E-state index in [2.05, 4.69) is 27.7 Å². The average molecular weight is 546 g/mol. The summed E-state index contributed by atoms with van der Waals surface area (Å²) < 4.78 is 2.25. The summed E-state index contributed by atoms with van der Waals surface area (Å²) in [6.45, 7) is 2.13. The predicted molar refractivity (Wildman–Crippen MR) is 153 cm³/mol. The number of aromatic nitrogens is 2. The van der Waals surface area contributed by atoms with Crippen LogP contribution in [0.4, 0.5) is 0 Å². The topological polar surface area (TPSA) is 75.4 Å². The van der Waals surface area contributed by atoms with Crippen LogP contribution < -0.4 is 5.56 Å². The number of likely N-dealkylation sites (tertiary alicyclic amines) is 1. The van der Waals surface area contributed by atoms with Crippen LogP contribution in [0.5, 0.6) is 0 Å². The van der Waals surface area contributed by atoms with E-state index >= 15 is 0 Å². The molecular weight excluding hydrogens is 510 g/mol. The van der Waals surface area contributed by atoms with Gasteiger partial charge in [-0.2, -0.15) is 4.98 Å². The second-order valence-corrected chi connectivity index (χ2v) is 12.7. The van der Waals surface area contributed by atoms with Crippen molar-refractivity contribution in [2.24, 2.45) is 5.92 Å². The highest BCUT2D eigenvalue weighted by molar-refractivity contribution is 6.35. The molecule has 3 fully saturated rings. The van der Waals surface area contributed by atoms with Crippen LogP contribution in [0.15, 0.2) is 41.2 Å². The van der Waals surface area contributed by atoms with Gasteiger partial charge < -0.3 is 10.0 Å². The number of hydrogen-bond donors (Lipinski definition) is 1. The Hall–Kier alpha value is -2.70. The van der Waals surface area contributed by atoms with E-state index in [1.54, 1.807) is 6.07 Å². The number of piperidine rings is 1. The van der Waals surface area contributed by atoms with Crippen LogP contribution in [0.1, 0.15) is 93.5 Å². The van der Waals surface area contributed by atoms with Gasteiger partial charge in [-0.3, -0.25) is 14.2 Å². The SMILES string of the molecule is O=C(O)C1CCC(N2CCC(c3ccc4c(c3)-n3c(nc(=O)c5c(Cl)cccc53)C43CCCCC3)CC2)CC1. The maximum absolute atomic E-state index is 13.2. The minimum Gasteiger partial charge on any atom is -0.481 e. The molecule has 1 N–H and O–H groups in total. The van der Waals surface area contributed by atoms with Crippen LogP contribution in [0.2, 0.25) is 5.02 Å². The summed E-state index contributed by atoms with van der Waals surface area (Å²) in [4.78, 5) is 31.9. The number of nitrogens with zero attached hydrogens (tertiary/aromatic N) is 3. The van der Waals surface area contributed by atoms with Crippen molar-refractivity contribution in [1.82, 2.24) is 14.5 Å². The monoisotopic (exact) mass is 545 g/mol. The normalized spacial score (nSPS) is 25.1. The fraction of sp³-hybridized carbons (Fsp3) is 0.531. The van der Waals surface area contributed by atoms with E-state index in [1.165, 1.54) is 23.2 Å². The van der Waals surface area contributed by atoms with E-state index in [-0.39, 0.29) is 16.9 Å². The molecule has 1 saturated heterocycles. The lowest BCUT2D eigenvalue weighted by Gasteiger charge is -2.40. The summed E-state index contributed by atoms with van der Waals surface area (Å²) in [6, 6.07) is 13.3. The lowest BCUT2D eigenvalue weighted by atomic mass is 9.69. The molecule has 2 aliphatic carbocycles. The second-order valence-electron chi connectivity index (χ2n) is 12.3. The fourth-order valence-corrected chi connectivity index (χ4v) is 8.49. The van der Waals surface area contributed by atoms with Crippen LogP contribution >= 0.6 is 11.6 Å². The molecular formula is C32H36ClN3O3. The molecule has 7 heteroatoms. The van der Waals surface area contributed by atoms with Gasteiger partial charge in [0.1, 0.15) is 5.82 Å². The molecule has 0 radical (unpaired) electrons. The van der Waals surface area contributed by atoms with Crippen LogP contribution in [0.3, 0.4) is 0 Å². The van der Waals surface area contributed by atoms with Crippen LogP contribution in [-0.2, 0) is 10.2 Å². The van der Waals surface area contributed by atoms with Gasteiger partial charge in [0, 0.05) is 6.04 Å². The summed E-state index contributed by atoms with van der Waals surface area (Å²) in [5.41, 5.74) is 4.32. The molecule has 1 aromatic heterocycles. The van der Waals surface area contributed by atoms with Gasteiger partial charge in [-0.05, 0) is 99.7 Å². The molecule has 2 aromatic carbocycles. The number of halogens is 1. The molecule has 3 heterocycles. The van der Waals surface area contributed by atoms with Crippen LogP contribution in [-0.4, -0.2) is 44.7 Å². The minimum absolute atomic E-state index is 0.156. The van der Waals surface area contributed by atoms with E-state index in [4.69, 9.17) is 16.6 Å². The van der Waals surface area contributed by atoms with E-state index in [9.17, 15) is 14.7 Å². The molecule has 0 unspecified atom stereocenters. The summed E-state index contributed by atoms with van der Waals surface area (Å²) >= 11 is 6.54. The Morgan fingerprint density at radius 3 is 2.44 bits per heavy atom. The van der Waals surface area contributed by atoms with Crippen molar-refractivity contribution in [1.29, 1.82) is 0 Å². The lowest BCUT2D eigenvalue weighted by Crippen LogP contribution is -2.43. The standard InChI is InChI=1S/C32H36ClN3O3/c33-25-5-4-6-26-28(25)29(37)34-31-32(15-2-1-3-16-32)24-12-9-22(19-27(24)36(26)31)20-13-17-35(18-14-20)23-10-7-21(8-11-23)30(38)39/h4-6,9,12,19-21,23H,1-3,7-8,10-11,13-18H2,(H,38,39). The zero-order chi connectivity index (χ0) is 26.7. The Balaban J connectivity index is 1.21. The third-order valence-electron chi connectivity index (χ3n) is 10.3. The Morgan fingerprint density at radius 1 is 0.974 bits per heavy atom. The number of aliphatic carboxylic acids is 1. The number of fused-ring (bicyclic) bond motifs is 7. The van der Waals surface area contributed by atoms with Crippen molar-refractivity contribution in [2.75, 3.05) is 13.1 Å². The number of carbonyl (C=O) groups is 1. The highest BCUT2D eigenvalue weighted by Crippen LogP contribution is 2.52. The van der Waals surface area contributed by atoms with E-state index in [1.807, 2.05) is 12.1 Å². The van der Waals surface area contributed by atoms with Crippen molar-refractivity contribution in [3.05, 3.63) is 68.7 Å². The van der Waals surface area contributed by atoms with Gasteiger partial charge in [0.15, 0.2) is 0 Å². The zero-order valence-corrected chi connectivity index (χ0v) is 23.1. The first-order valence-corrected chi connectivity index (χ1v) is 15.2. The van der Waals surface area contributed by atoms with Gasteiger partial charge >= 0.3 is 5.97 Å². The minimum atomic E-state index is -0.630. The highest BCUT2D eigenvalue weighted by Gasteiger charge is 2.46. The van der Waals surface area contributed by atoms with Gasteiger partial charge in [-0.15, -0.1) is 0 Å². The molecule has 0 bridgehead atoms. The maximum atomic E-state index is 13.2. The molecule has 2 aliphatic heterocycles. The quantitative estimate of drug-likeness (QED) is 0.410. The van der Waals surface area contributed by atoms with E-state index < -0.39 is 5.97 Å². The number of hydrogen-bond acceptors (Lipinski definition) is 4. The van der Waals surface area contributed by atoms with Crippen LogP contribution in [0.25, 0.3) is 16.6 Å². The van der Waals surface area contributed by atoms with Crippen LogP contribution in [0, 0.1) is 5.92 Å². The molecule has 0 atom stereocenters. The van der Waals surface area contributed by atoms with E-state index in [0.717, 1.165) is 88.6 Å². The van der Waals surface area contributed by atoms with Crippen molar-refractivity contribution >= 4 is 28.5 Å². The molecule has 7 rings (SSSR count). The molecule has 204 valence electrons. The van der Waals surface area contributed by atoms with Crippen molar-refractivity contribution in [2.45, 2.75) is 88.0 Å². The van der Waals surface area contributed by atoms with Crippen molar-refractivity contribution in [3.63, 3.8) is 0 Å². The Bertz CT molecular complexity index is 1490. The zero-order valence-electron chi connectivity index (χ0n) is 22.4.